The Hall–Kier alpha value is -2.64. The minimum absolute atomic E-state index is 0.348. The molecule has 3 aromatic rings. The van der Waals surface area contributed by atoms with Crippen molar-refractivity contribution in [3.05, 3.63) is 87.4 Å². The minimum atomic E-state index is -0.348. The summed E-state index contributed by atoms with van der Waals surface area (Å²) < 4.78 is 16.6. The number of aryl methyl sites for hydroxylation is 1. The number of hydrogen-bond donors (Lipinski definition) is 0. The van der Waals surface area contributed by atoms with Gasteiger partial charge < -0.3 is 4.57 Å². The maximum atomic E-state index is 13.5. The van der Waals surface area contributed by atoms with Crippen LogP contribution in [0.2, 0.25) is 0 Å². The van der Waals surface area contributed by atoms with Crippen LogP contribution in [-0.4, -0.2) is 4.57 Å². The first-order valence-electron chi connectivity index (χ1n) is 7.82. The van der Waals surface area contributed by atoms with Gasteiger partial charge in [-0.05, 0) is 73.5 Å². The number of benzene rings is 2. The summed E-state index contributed by atoms with van der Waals surface area (Å²) >= 11 is 3.45. The van der Waals surface area contributed by atoms with Gasteiger partial charge in [0, 0.05) is 21.5 Å². The Labute approximate surface area is 155 Å². The van der Waals surface area contributed by atoms with Crippen LogP contribution in [0.4, 0.5) is 4.39 Å². The zero-order valence-corrected chi connectivity index (χ0v) is 15.5. The molecule has 0 aliphatic heterocycles. The van der Waals surface area contributed by atoms with Crippen LogP contribution in [0.15, 0.2) is 59.1 Å². The fraction of sp³-hybridized carbons (Fsp3) is 0.0952. The molecule has 2 nitrogen and oxygen atoms in total. The first kappa shape index (κ1) is 17.2. The summed E-state index contributed by atoms with van der Waals surface area (Å²) in [4.78, 5) is 0. The molecule has 0 fully saturated rings. The third-order valence-corrected chi connectivity index (χ3v) is 4.64. The number of aromatic nitrogens is 1. The van der Waals surface area contributed by atoms with Gasteiger partial charge in [-0.15, -0.1) is 0 Å². The van der Waals surface area contributed by atoms with Gasteiger partial charge in [0.1, 0.15) is 5.82 Å². The lowest BCUT2D eigenvalue weighted by molar-refractivity contribution is 0.627. The molecule has 3 rings (SSSR count). The van der Waals surface area contributed by atoms with Gasteiger partial charge in [0.15, 0.2) is 0 Å². The zero-order valence-electron chi connectivity index (χ0n) is 13.9. The predicted molar refractivity (Wildman–Crippen MR) is 103 cm³/mol. The molecule has 0 amide bonds. The van der Waals surface area contributed by atoms with E-state index in [2.05, 4.69) is 26.6 Å². The van der Waals surface area contributed by atoms with Gasteiger partial charge in [-0.25, -0.2) is 4.39 Å². The van der Waals surface area contributed by atoms with E-state index in [9.17, 15) is 9.65 Å². The molecule has 1 aromatic heterocycles. The standard InChI is InChI=1S/C21H16BrFN2/c1-14-10-17(11-18(13-24)16-4-3-5-20(23)12-16)15(2)25(14)21-8-6-19(22)7-9-21/h3-12H,1-2H3/b18-11+. The highest BCUT2D eigenvalue weighted by molar-refractivity contribution is 9.10. The molecule has 0 atom stereocenters. The number of nitrogens with zero attached hydrogens (tertiary/aromatic N) is 2. The molecule has 0 N–H and O–H groups in total. The monoisotopic (exact) mass is 394 g/mol. The number of nitriles is 1. The van der Waals surface area contributed by atoms with Crippen molar-refractivity contribution in [1.29, 1.82) is 5.26 Å². The van der Waals surface area contributed by atoms with E-state index in [4.69, 9.17) is 0 Å². The Morgan fingerprint density at radius 2 is 1.84 bits per heavy atom. The smallest absolute Gasteiger partial charge is 0.123 e. The molecule has 0 bridgehead atoms. The highest BCUT2D eigenvalue weighted by atomic mass is 79.9. The Morgan fingerprint density at radius 3 is 2.48 bits per heavy atom. The zero-order chi connectivity index (χ0) is 18.0. The third kappa shape index (κ3) is 3.57. The molecule has 124 valence electrons. The lowest BCUT2D eigenvalue weighted by atomic mass is 10.0. The largest absolute Gasteiger partial charge is 0.318 e. The second-order valence-electron chi connectivity index (χ2n) is 5.82. The molecule has 0 radical (unpaired) electrons. The van der Waals surface area contributed by atoms with Crippen molar-refractivity contribution in [3.8, 4) is 11.8 Å². The van der Waals surface area contributed by atoms with Crippen LogP contribution < -0.4 is 0 Å². The Kier molecular flexibility index (Phi) is 4.87. The van der Waals surface area contributed by atoms with Gasteiger partial charge in [-0.3, -0.25) is 0 Å². The van der Waals surface area contributed by atoms with Gasteiger partial charge in [-0.1, -0.05) is 28.1 Å². The van der Waals surface area contributed by atoms with Crippen LogP contribution >= 0.6 is 15.9 Å². The van der Waals surface area contributed by atoms with E-state index in [1.54, 1.807) is 12.1 Å². The van der Waals surface area contributed by atoms with Gasteiger partial charge in [0.2, 0.25) is 0 Å². The van der Waals surface area contributed by atoms with E-state index in [1.165, 1.54) is 12.1 Å². The molecule has 0 saturated heterocycles. The molecule has 0 aliphatic rings. The molecule has 25 heavy (non-hydrogen) atoms. The summed E-state index contributed by atoms with van der Waals surface area (Å²) in [5.74, 6) is -0.348. The van der Waals surface area contributed by atoms with Crippen molar-refractivity contribution in [2.24, 2.45) is 0 Å². The van der Waals surface area contributed by atoms with Crippen molar-refractivity contribution < 1.29 is 4.39 Å². The van der Waals surface area contributed by atoms with Crippen molar-refractivity contribution in [2.75, 3.05) is 0 Å². The average molecular weight is 395 g/mol. The van der Waals surface area contributed by atoms with E-state index in [1.807, 2.05) is 50.3 Å². The Morgan fingerprint density at radius 1 is 1.12 bits per heavy atom. The van der Waals surface area contributed by atoms with E-state index < -0.39 is 0 Å². The fourth-order valence-corrected chi connectivity index (χ4v) is 3.18. The second kappa shape index (κ2) is 7.08. The lowest BCUT2D eigenvalue weighted by Gasteiger charge is -2.09. The summed E-state index contributed by atoms with van der Waals surface area (Å²) in [7, 11) is 0. The van der Waals surface area contributed by atoms with Crippen molar-refractivity contribution >= 4 is 27.6 Å². The van der Waals surface area contributed by atoms with Crippen LogP contribution in [0.1, 0.15) is 22.5 Å². The normalized spacial score (nSPS) is 11.4. The quantitative estimate of drug-likeness (QED) is 0.496. The molecule has 0 spiro atoms. The van der Waals surface area contributed by atoms with Crippen LogP contribution in [0.5, 0.6) is 0 Å². The van der Waals surface area contributed by atoms with Gasteiger partial charge in [-0.2, -0.15) is 5.26 Å². The van der Waals surface area contributed by atoms with Crippen LogP contribution in [0.25, 0.3) is 17.3 Å². The summed E-state index contributed by atoms with van der Waals surface area (Å²) in [5, 5.41) is 9.49. The van der Waals surface area contributed by atoms with E-state index in [-0.39, 0.29) is 5.82 Å². The Bertz CT molecular complexity index is 992. The highest BCUT2D eigenvalue weighted by Gasteiger charge is 2.11. The summed E-state index contributed by atoms with van der Waals surface area (Å²) in [6.45, 7) is 4.04. The highest BCUT2D eigenvalue weighted by Crippen LogP contribution is 2.26. The topological polar surface area (TPSA) is 28.7 Å². The van der Waals surface area contributed by atoms with E-state index >= 15 is 0 Å². The van der Waals surface area contributed by atoms with Crippen molar-refractivity contribution in [1.82, 2.24) is 4.57 Å². The molecule has 0 aliphatic carbocycles. The number of allylic oxidation sites excluding steroid dienone is 1. The fourth-order valence-electron chi connectivity index (χ4n) is 2.91. The maximum absolute atomic E-state index is 13.5. The summed E-state index contributed by atoms with van der Waals surface area (Å²) in [6.07, 6.45) is 1.81. The van der Waals surface area contributed by atoms with Crippen LogP contribution in [-0.2, 0) is 0 Å². The van der Waals surface area contributed by atoms with Crippen LogP contribution in [0, 0.1) is 31.0 Å². The number of halogens is 2. The molecule has 1 heterocycles. The number of hydrogen-bond acceptors (Lipinski definition) is 1. The van der Waals surface area contributed by atoms with Crippen molar-refractivity contribution in [3.63, 3.8) is 0 Å². The van der Waals surface area contributed by atoms with Crippen molar-refractivity contribution in [2.45, 2.75) is 13.8 Å². The number of rotatable bonds is 3. The van der Waals surface area contributed by atoms with Gasteiger partial charge >= 0.3 is 0 Å². The molecule has 0 unspecified atom stereocenters. The minimum Gasteiger partial charge on any atom is -0.318 e. The van der Waals surface area contributed by atoms with Gasteiger partial charge in [0.25, 0.3) is 0 Å². The maximum Gasteiger partial charge on any atom is 0.123 e. The molecular weight excluding hydrogens is 379 g/mol. The van der Waals surface area contributed by atoms with E-state index in [0.717, 1.165) is 27.1 Å². The van der Waals surface area contributed by atoms with E-state index in [0.29, 0.717) is 11.1 Å². The lowest BCUT2D eigenvalue weighted by Crippen LogP contribution is -1.98. The summed E-state index contributed by atoms with van der Waals surface area (Å²) in [5.41, 5.74) is 5.13. The SMILES string of the molecule is Cc1cc(/C=C(\C#N)c2cccc(F)c2)c(C)n1-c1ccc(Br)cc1. The predicted octanol–water partition coefficient (Wildman–Crippen LogP) is 6.06. The first-order chi connectivity index (χ1) is 12.0. The molecular formula is C21H16BrFN2. The molecule has 2 aromatic carbocycles. The Balaban J connectivity index is 2.08. The third-order valence-electron chi connectivity index (χ3n) is 4.11. The van der Waals surface area contributed by atoms with Crippen LogP contribution in [0.3, 0.4) is 0 Å². The summed E-state index contributed by atoms with van der Waals surface area (Å²) in [6, 6.07) is 18.4. The molecule has 4 heteroatoms. The average Bonchev–Trinajstić information content (AvgIpc) is 2.87. The second-order valence-corrected chi connectivity index (χ2v) is 6.73. The molecule has 0 saturated carbocycles. The first-order valence-corrected chi connectivity index (χ1v) is 8.61. The van der Waals surface area contributed by atoms with Gasteiger partial charge in [0.05, 0.1) is 11.6 Å².